The SMILES string of the molecule is CN=C(NCc1ccc(C)cc1)NCC(C)N1CCOCC1C. The first-order valence-electron chi connectivity index (χ1n) is 8.43. The summed E-state index contributed by atoms with van der Waals surface area (Å²) in [5.74, 6) is 0.846. The van der Waals surface area contributed by atoms with Crippen LogP contribution in [-0.4, -0.2) is 56.3 Å². The molecule has 5 nitrogen and oxygen atoms in total. The number of hydrogen-bond acceptors (Lipinski definition) is 3. The van der Waals surface area contributed by atoms with Crippen LogP contribution in [0.25, 0.3) is 0 Å². The first kappa shape index (κ1) is 17.8. The summed E-state index contributed by atoms with van der Waals surface area (Å²) in [5.41, 5.74) is 2.54. The minimum Gasteiger partial charge on any atom is -0.379 e. The second-order valence-electron chi connectivity index (χ2n) is 6.30. The van der Waals surface area contributed by atoms with Gasteiger partial charge >= 0.3 is 0 Å². The van der Waals surface area contributed by atoms with Crippen LogP contribution < -0.4 is 10.6 Å². The molecule has 0 spiro atoms. The Morgan fingerprint density at radius 1 is 1.35 bits per heavy atom. The number of nitrogens with one attached hydrogen (secondary N) is 2. The molecule has 128 valence electrons. The molecule has 0 radical (unpaired) electrons. The van der Waals surface area contributed by atoms with Crippen LogP contribution in [0.1, 0.15) is 25.0 Å². The Morgan fingerprint density at radius 2 is 2.09 bits per heavy atom. The lowest BCUT2D eigenvalue weighted by molar-refractivity contribution is -0.0174. The first-order valence-corrected chi connectivity index (χ1v) is 8.43. The highest BCUT2D eigenvalue weighted by Crippen LogP contribution is 2.10. The maximum atomic E-state index is 5.51. The van der Waals surface area contributed by atoms with Gasteiger partial charge in [-0.25, -0.2) is 0 Å². The smallest absolute Gasteiger partial charge is 0.191 e. The van der Waals surface area contributed by atoms with Crippen LogP contribution in [0, 0.1) is 6.92 Å². The van der Waals surface area contributed by atoms with E-state index in [9.17, 15) is 0 Å². The molecule has 1 aliphatic heterocycles. The largest absolute Gasteiger partial charge is 0.379 e. The molecule has 1 aromatic carbocycles. The molecule has 5 heteroatoms. The van der Waals surface area contributed by atoms with E-state index in [0.29, 0.717) is 12.1 Å². The molecule has 1 heterocycles. The summed E-state index contributed by atoms with van der Waals surface area (Å²) in [5, 5.41) is 6.80. The zero-order valence-corrected chi connectivity index (χ0v) is 14.8. The summed E-state index contributed by atoms with van der Waals surface area (Å²) in [6, 6.07) is 9.49. The predicted octanol–water partition coefficient (Wildman–Crippen LogP) is 1.77. The van der Waals surface area contributed by atoms with Crippen molar-refractivity contribution in [2.24, 2.45) is 4.99 Å². The number of aryl methyl sites for hydroxylation is 1. The van der Waals surface area contributed by atoms with Gasteiger partial charge in [-0.2, -0.15) is 0 Å². The van der Waals surface area contributed by atoms with E-state index in [4.69, 9.17) is 4.74 Å². The van der Waals surface area contributed by atoms with Gasteiger partial charge in [0.2, 0.25) is 0 Å². The number of hydrogen-bond donors (Lipinski definition) is 2. The van der Waals surface area contributed by atoms with Crippen LogP contribution in [0.5, 0.6) is 0 Å². The molecule has 0 aliphatic carbocycles. The third kappa shape index (κ3) is 5.52. The lowest BCUT2D eigenvalue weighted by Gasteiger charge is -2.38. The number of benzene rings is 1. The van der Waals surface area contributed by atoms with E-state index in [0.717, 1.165) is 38.8 Å². The number of aliphatic imine (C=N–C) groups is 1. The lowest BCUT2D eigenvalue weighted by atomic mass is 10.1. The maximum Gasteiger partial charge on any atom is 0.191 e. The molecule has 1 saturated heterocycles. The van der Waals surface area contributed by atoms with Crippen molar-refractivity contribution in [2.45, 2.75) is 39.4 Å². The molecule has 1 aliphatic rings. The van der Waals surface area contributed by atoms with Gasteiger partial charge in [-0.3, -0.25) is 9.89 Å². The number of morpholine rings is 1. The Morgan fingerprint density at radius 3 is 2.74 bits per heavy atom. The Labute approximate surface area is 140 Å². The van der Waals surface area contributed by atoms with Crippen LogP contribution >= 0.6 is 0 Å². The minimum absolute atomic E-state index is 0.451. The van der Waals surface area contributed by atoms with E-state index in [1.807, 2.05) is 7.05 Å². The second-order valence-corrected chi connectivity index (χ2v) is 6.30. The zero-order chi connectivity index (χ0) is 16.7. The molecule has 0 bridgehead atoms. The summed E-state index contributed by atoms with van der Waals surface area (Å²) >= 11 is 0. The molecule has 2 unspecified atom stereocenters. The highest BCUT2D eigenvalue weighted by molar-refractivity contribution is 5.79. The van der Waals surface area contributed by atoms with Crippen molar-refractivity contribution < 1.29 is 4.74 Å². The van der Waals surface area contributed by atoms with Gasteiger partial charge in [0.25, 0.3) is 0 Å². The molecule has 0 aromatic heterocycles. The Kier molecular flexibility index (Phi) is 6.86. The average molecular weight is 318 g/mol. The van der Waals surface area contributed by atoms with Crippen LogP contribution in [0.15, 0.2) is 29.3 Å². The number of nitrogens with zero attached hydrogens (tertiary/aromatic N) is 2. The van der Waals surface area contributed by atoms with Crippen molar-refractivity contribution >= 4 is 5.96 Å². The van der Waals surface area contributed by atoms with Gasteiger partial charge in [0, 0.05) is 38.8 Å². The third-order valence-corrected chi connectivity index (χ3v) is 4.35. The monoisotopic (exact) mass is 318 g/mol. The summed E-state index contributed by atoms with van der Waals surface area (Å²) in [6.07, 6.45) is 0. The molecular weight excluding hydrogens is 288 g/mol. The molecule has 1 fully saturated rings. The van der Waals surface area contributed by atoms with Gasteiger partial charge in [0.1, 0.15) is 0 Å². The highest BCUT2D eigenvalue weighted by atomic mass is 16.5. The van der Waals surface area contributed by atoms with Crippen molar-refractivity contribution in [3.8, 4) is 0 Å². The standard InChI is InChI=1S/C18H30N4O/c1-14-5-7-17(8-6-14)12-21-18(19-4)20-11-15(2)22-9-10-23-13-16(22)3/h5-8,15-16H,9-13H2,1-4H3,(H2,19,20,21). The molecule has 23 heavy (non-hydrogen) atoms. The van der Waals surface area contributed by atoms with Crippen molar-refractivity contribution in [1.82, 2.24) is 15.5 Å². The van der Waals surface area contributed by atoms with Crippen molar-refractivity contribution in [3.63, 3.8) is 0 Å². The fraction of sp³-hybridized carbons (Fsp3) is 0.611. The maximum absolute atomic E-state index is 5.51. The number of guanidine groups is 1. The van der Waals surface area contributed by atoms with E-state index in [2.05, 4.69) is 65.6 Å². The topological polar surface area (TPSA) is 48.9 Å². The van der Waals surface area contributed by atoms with E-state index < -0.39 is 0 Å². The van der Waals surface area contributed by atoms with Crippen LogP contribution in [0.3, 0.4) is 0 Å². The van der Waals surface area contributed by atoms with E-state index in [1.54, 1.807) is 0 Å². The van der Waals surface area contributed by atoms with E-state index >= 15 is 0 Å². The Balaban J connectivity index is 1.77. The molecule has 0 amide bonds. The van der Waals surface area contributed by atoms with Crippen LogP contribution in [0.2, 0.25) is 0 Å². The van der Waals surface area contributed by atoms with Gasteiger partial charge in [0.15, 0.2) is 5.96 Å². The van der Waals surface area contributed by atoms with Crippen molar-refractivity contribution in [3.05, 3.63) is 35.4 Å². The van der Waals surface area contributed by atoms with Crippen LogP contribution in [0.4, 0.5) is 0 Å². The molecular formula is C18H30N4O. The highest BCUT2D eigenvalue weighted by Gasteiger charge is 2.23. The number of ether oxygens (including phenoxy) is 1. The average Bonchev–Trinajstić information content (AvgIpc) is 2.56. The molecule has 2 N–H and O–H groups in total. The van der Waals surface area contributed by atoms with E-state index in [1.165, 1.54) is 11.1 Å². The van der Waals surface area contributed by atoms with Gasteiger partial charge in [-0.1, -0.05) is 29.8 Å². The fourth-order valence-corrected chi connectivity index (χ4v) is 2.87. The number of rotatable bonds is 5. The van der Waals surface area contributed by atoms with Crippen LogP contribution in [-0.2, 0) is 11.3 Å². The molecule has 2 atom stereocenters. The summed E-state index contributed by atoms with van der Waals surface area (Å²) in [6.45, 7) is 10.9. The summed E-state index contributed by atoms with van der Waals surface area (Å²) in [4.78, 5) is 6.80. The quantitative estimate of drug-likeness (QED) is 0.642. The summed E-state index contributed by atoms with van der Waals surface area (Å²) in [7, 11) is 1.81. The molecule has 2 rings (SSSR count). The first-order chi connectivity index (χ1) is 11.1. The Bertz CT molecular complexity index is 500. The third-order valence-electron chi connectivity index (χ3n) is 4.35. The van der Waals surface area contributed by atoms with Gasteiger partial charge in [-0.15, -0.1) is 0 Å². The van der Waals surface area contributed by atoms with Gasteiger partial charge < -0.3 is 15.4 Å². The minimum atomic E-state index is 0.451. The molecule has 1 aromatic rings. The Hall–Kier alpha value is -1.59. The second kappa shape index (κ2) is 8.89. The fourth-order valence-electron chi connectivity index (χ4n) is 2.87. The zero-order valence-electron chi connectivity index (χ0n) is 14.8. The van der Waals surface area contributed by atoms with Crippen molar-refractivity contribution in [1.29, 1.82) is 0 Å². The van der Waals surface area contributed by atoms with Crippen molar-refractivity contribution in [2.75, 3.05) is 33.4 Å². The molecule has 0 saturated carbocycles. The predicted molar refractivity (Wildman–Crippen MR) is 95.8 cm³/mol. The normalized spacial score (nSPS) is 21.0. The van der Waals surface area contributed by atoms with E-state index in [-0.39, 0.29) is 0 Å². The van der Waals surface area contributed by atoms with Gasteiger partial charge in [-0.05, 0) is 26.3 Å². The lowest BCUT2D eigenvalue weighted by Crippen LogP contribution is -2.52. The van der Waals surface area contributed by atoms with Gasteiger partial charge in [0.05, 0.1) is 13.2 Å². The summed E-state index contributed by atoms with van der Waals surface area (Å²) < 4.78 is 5.51.